The summed E-state index contributed by atoms with van der Waals surface area (Å²) in [6.07, 6.45) is 4.00. The number of carbonyl (C=O) groups is 1. The number of carboxylic acid groups (broad SMARTS) is 1. The van der Waals surface area contributed by atoms with Crippen LogP contribution in [0.4, 0.5) is 0 Å². The molecule has 1 aliphatic heterocycles. The maximum Gasteiger partial charge on any atom is 0.335 e. The average molecular weight is 256 g/mol. The van der Waals surface area contributed by atoms with Gasteiger partial charge in [-0.2, -0.15) is 0 Å². The highest BCUT2D eigenvalue weighted by molar-refractivity contribution is 7.89. The molecule has 0 amide bonds. The van der Waals surface area contributed by atoms with E-state index >= 15 is 0 Å². The fourth-order valence-corrected chi connectivity index (χ4v) is 1.48. The summed E-state index contributed by atoms with van der Waals surface area (Å²) in [5.41, 5.74) is -0.105. The van der Waals surface area contributed by atoms with Crippen molar-refractivity contribution < 1.29 is 18.3 Å². The van der Waals surface area contributed by atoms with Crippen LogP contribution in [0.5, 0.6) is 0 Å². The summed E-state index contributed by atoms with van der Waals surface area (Å²) in [6.45, 7) is 1.07. The number of hydrogen-bond acceptors (Lipinski definition) is 4. The Bertz CT molecular complexity index is 531. The second-order valence-electron chi connectivity index (χ2n) is 3.19. The molecular formula is C10H12N2O4S. The number of benzene rings is 1. The Morgan fingerprint density at radius 3 is 2.29 bits per heavy atom. The summed E-state index contributed by atoms with van der Waals surface area (Å²) in [7, 11) is -3.82. The third-order valence-corrected chi connectivity index (χ3v) is 2.79. The molecule has 0 aliphatic carbocycles. The van der Waals surface area contributed by atoms with E-state index in [1.54, 1.807) is 0 Å². The van der Waals surface area contributed by atoms with Crippen molar-refractivity contribution in [1.29, 1.82) is 0 Å². The predicted molar refractivity (Wildman–Crippen MR) is 61.9 cm³/mol. The minimum atomic E-state index is -3.82. The molecule has 0 unspecified atom stereocenters. The van der Waals surface area contributed by atoms with Gasteiger partial charge in [-0.3, -0.25) is 0 Å². The summed E-state index contributed by atoms with van der Waals surface area (Å²) in [5.74, 6) is -1.19. The first-order valence-electron chi connectivity index (χ1n) is 4.66. The molecule has 1 heterocycles. The lowest BCUT2D eigenvalue weighted by molar-refractivity contribution is 0.0696. The van der Waals surface area contributed by atoms with Gasteiger partial charge in [0, 0.05) is 6.54 Å². The van der Waals surface area contributed by atoms with Gasteiger partial charge in [0.25, 0.3) is 0 Å². The Hall–Kier alpha value is -1.86. The number of rotatable bonds is 2. The van der Waals surface area contributed by atoms with Crippen LogP contribution in [-0.2, 0) is 10.0 Å². The van der Waals surface area contributed by atoms with Gasteiger partial charge >= 0.3 is 5.97 Å². The van der Waals surface area contributed by atoms with Gasteiger partial charge in [0.05, 0.1) is 10.5 Å². The molecule has 1 aliphatic rings. The lowest BCUT2D eigenvalue weighted by Crippen LogP contribution is -2.12. The Kier molecular flexibility index (Phi) is 4.24. The maximum atomic E-state index is 10.8. The van der Waals surface area contributed by atoms with Crippen LogP contribution in [0.2, 0.25) is 0 Å². The number of nitrogens with two attached hydrogens (primary N) is 1. The minimum Gasteiger partial charge on any atom is -0.478 e. The number of hydrogen-bond donors (Lipinski definition) is 3. The molecule has 7 heteroatoms. The molecule has 2 rings (SSSR count). The van der Waals surface area contributed by atoms with Crippen molar-refractivity contribution in [3.8, 4) is 0 Å². The third-order valence-electron chi connectivity index (χ3n) is 1.88. The molecule has 1 aromatic carbocycles. The van der Waals surface area contributed by atoms with E-state index in [-0.39, 0.29) is 10.5 Å². The molecule has 0 aromatic heterocycles. The van der Waals surface area contributed by atoms with Crippen molar-refractivity contribution in [1.82, 2.24) is 5.32 Å². The molecule has 4 N–H and O–H groups in total. The monoisotopic (exact) mass is 256 g/mol. The third kappa shape index (κ3) is 4.25. The van der Waals surface area contributed by atoms with Crippen LogP contribution in [-0.4, -0.2) is 26.0 Å². The van der Waals surface area contributed by atoms with E-state index < -0.39 is 16.0 Å². The number of sulfonamides is 1. The van der Waals surface area contributed by atoms with Crippen LogP contribution >= 0.6 is 0 Å². The summed E-state index contributed by atoms with van der Waals surface area (Å²) >= 11 is 0. The van der Waals surface area contributed by atoms with Crippen molar-refractivity contribution in [3.05, 3.63) is 42.1 Å². The van der Waals surface area contributed by atoms with E-state index in [4.69, 9.17) is 10.2 Å². The van der Waals surface area contributed by atoms with Crippen LogP contribution in [0.3, 0.4) is 0 Å². The lowest BCUT2D eigenvalue weighted by Gasteiger charge is -1.99. The summed E-state index contributed by atoms with van der Waals surface area (Å²) in [4.78, 5) is 10.2. The van der Waals surface area contributed by atoms with Crippen molar-refractivity contribution in [2.75, 3.05) is 6.54 Å². The number of aromatic carboxylic acids is 1. The highest BCUT2D eigenvalue weighted by Crippen LogP contribution is 2.09. The van der Waals surface area contributed by atoms with Gasteiger partial charge in [0.15, 0.2) is 0 Å². The van der Waals surface area contributed by atoms with Gasteiger partial charge < -0.3 is 10.4 Å². The van der Waals surface area contributed by atoms with E-state index in [1.165, 1.54) is 18.2 Å². The number of nitrogens with one attached hydrogen (secondary N) is 1. The quantitative estimate of drug-likeness (QED) is 0.697. The van der Waals surface area contributed by atoms with Gasteiger partial charge in [-0.25, -0.2) is 18.4 Å². The Balaban J connectivity index is 0.000000302. The first-order chi connectivity index (χ1) is 7.91. The van der Waals surface area contributed by atoms with Crippen molar-refractivity contribution in [2.24, 2.45) is 5.14 Å². The molecule has 0 fully saturated rings. The Labute approximate surface area is 98.8 Å². The molecule has 6 nitrogen and oxygen atoms in total. The first-order valence-corrected chi connectivity index (χ1v) is 6.20. The lowest BCUT2D eigenvalue weighted by atomic mass is 10.2. The van der Waals surface area contributed by atoms with Crippen molar-refractivity contribution in [2.45, 2.75) is 4.90 Å². The molecule has 0 bridgehead atoms. The van der Waals surface area contributed by atoms with Crippen LogP contribution in [0.25, 0.3) is 0 Å². The van der Waals surface area contributed by atoms with Crippen LogP contribution < -0.4 is 10.5 Å². The van der Waals surface area contributed by atoms with Crippen LogP contribution in [0.1, 0.15) is 10.4 Å². The molecule has 17 heavy (non-hydrogen) atoms. The number of primary sulfonamides is 1. The highest BCUT2D eigenvalue weighted by Gasteiger charge is 2.10. The standard InChI is InChI=1S/C7H7NO4S.C3H5N/c8-13(11,12)6-3-1-2-5(4-6)7(9)10;1-2-4-3-1/h1-4H,(H,9,10)(H2,8,11,12);1-2,4H,3H2. The van der Waals surface area contributed by atoms with E-state index in [2.05, 4.69) is 11.4 Å². The van der Waals surface area contributed by atoms with Crippen LogP contribution in [0.15, 0.2) is 41.4 Å². The van der Waals surface area contributed by atoms with E-state index in [0.29, 0.717) is 0 Å². The smallest absolute Gasteiger partial charge is 0.335 e. The fraction of sp³-hybridized carbons (Fsp3) is 0.100. The summed E-state index contributed by atoms with van der Waals surface area (Å²) < 4.78 is 21.6. The zero-order valence-electron chi connectivity index (χ0n) is 8.83. The minimum absolute atomic E-state index is 0.105. The normalized spacial score (nSPS) is 12.8. The molecule has 0 atom stereocenters. The average Bonchev–Trinajstić information content (AvgIpc) is 2.14. The molecule has 0 saturated heterocycles. The molecule has 1 aromatic rings. The molecule has 92 valence electrons. The summed E-state index contributed by atoms with van der Waals surface area (Å²) in [5, 5.41) is 16.3. The maximum absolute atomic E-state index is 10.8. The van der Waals surface area contributed by atoms with Crippen molar-refractivity contribution >= 4 is 16.0 Å². The predicted octanol–water partition coefficient (Wildman–Crippen LogP) is 0.135. The second kappa shape index (κ2) is 5.46. The van der Waals surface area contributed by atoms with Crippen LogP contribution in [0, 0.1) is 0 Å². The zero-order valence-corrected chi connectivity index (χ0v) is 9.65. The first kappa shape index (κ1) is 13.2. The molecule has 0 saturated carbocycles. The topological polar surface area (TPSA) is 109 Å². The van der Waals surface area contributed by atoms with Gasteiger partial charge in [0.1, 0.15) is 0 Å². The molecule has 0 spiro atoms. The van der Waals surface area contributed by atoms with E-state index in [9.17, 15) is 13.2 Å². The molecule has 0 radical (unpaired) electrons. The fourth-order valence-electron chi connectivity index (χ4n) is 0.924. The zero-order chi connectivity index (χ0) is 12.9. The number of carboxylic acids is 1. The van der Waals surface area contributed by atoms with Gasteiger partial charge in [-0.05, 0) is 30.5 Å². The SMILES string of the molecule is C1=CNC1.NS(=O)(=O)c1cccc(C(=O)O)c1. The van der Waals surface area contributed by atoms with Gasteiger partial charge in [-0.15, -0.1) is 0 Å². The summed E-state index contributed by atoms with van der Waals surface area (Å²) in [6, 6.07) is 4.86. The van der Waals surface area contributed by atoms with Gasteiger partial charge in [0.2, 0.25) is 10.0 Å². The Morgan fingerprint density at radius 2 is 1.94 bits per heavy atom. The van der Waals surface area contributed by atoms with E-state index in [0.717, 1.165) is 12.6 Å². The van der Waals surface area contributed by atoms with Gasteiger partial charge in [-0.1, -0.05) is 6.07 Å². The van der Waals surface area contributed by atoms with Crippen molar-refractivity contribution in [3.63, 3.8) is 0 Å². The second-order valence-corrected chi connectivity index (χ2v) is 4.75. The molecular weight excluding hydrogens is 244 g/mol. The largest absolute Gasteiger partial charge is 0.478 e. The highest BCUT2D eigenvalue weighted by atomic mass is 32.2. The van der Waals surface area contributed by atoms with E-state index in [1.807, 2.05) is 6.20 Å². The Morgan fingerprint density at radius 1 is 1.41 bits per heavy atom.